The van der Waals surface area contributed by atoms with E-state index in [0.717, 1.165) is 0 Å². The van der Waals surface area contributed by atoms with Crippen LogP contribution in [0.4, 0.5) is 0 Å². The fourth-order valence-corrected chi connectivity index (χ4v) is 13.1. The molecule has 0 saturated heterocycles. The van der Waals surface area contributed by atoms with Crippen molar-refractivity contribution >= 4 is 64.6 Å². The molecule has 0 amide bonds. The average Bonchev–Trinajstić information content (AvgIpc) is 2.29. The fraction of sp³-hybridized carbons (Fsp3) is 0. The van der Waals surface area contributed by atoms with Crippen LogP contribution in [0.5, 0.6) is 0 Å². The molecule has 0 N–H and O–H groups in total. The van der Waals surface area contributed by atoms with Crippen LogP contribution in [0, 0.1) is 0 Å². The summed E-state index contributed by atoms with van der Waals surface area (Å²) in [6.45, 7) is 0. The molecule has 84 heavy (non-hydrogen) atoms. The van der Waals surface area contributed by atoms with E-state index in [1.807, 2.05) is 0 Å². The lowest BCUT2D eigenvalue weighted by Crippen LogP contribution is -1.93. The van der Waals surface area contributed by atoms with E-state index in [9.17, 15) is 0 Å². The third-order valence-corrected chi connectivity index (χ3v) is 16.9. The van der Waals surface area contributed by atoms with E-state index in [0.29, 0.717) is 0 Å². The quantitative estimate of drug-likeness (QED) is 0.133. The van der Waals surface area contributed by atoms with E-state index in [2.05, 4.69) is 340 Å². The molecule has 0 saturated carbocycles. The van der Waals surface area contributed by atoms with Crippen molar-refractivity contribution in [1.82, 2.24) is 0 Å². The van der Waals surface area contributed by atoms with Crippen LogP contribution in [0.15, 0.2) is 340 Å². The number of hydrogen-bond donors (Lipinski definition) is 0. The van der Waals surface area contributed by atoms with Crippen LogP contribution < -0.4 is 0 Å². The molecule has 16 aromatic carbocycles. The first-order valence-electron chi connectivity index (χ1n) is 29.1. The smallest absolute Gasteiger partial charge is 0.00201 e. The minimum atomic E-state index is 1.23. The third-order valence-electron chi connectivity index (χ3n) is 16.9. The summed E-state index contributed by atoms with van der Waals surface area (Å²) in [5.41, 5.74) is 20.0. The Morgan fingerprint density at radius 1 is 0.119 bits per heavy atom. The highest BCUT2D eigenvalue weighted by atomic mass is 14.2. The number of fused-ring (bicyclic) bond motifs is 6. The van der Waals surface area contributed by atoms with Crippen molar-refractivity contribution < 1.29 is 0 Å². The number of rotatable bonds is 8. The average molecular weight is 1070 g/mol. The first kappa shape index (κ1) is 50.1. The summed E-state index contributed by atoms with van der Waals surface area (Å²) in [5, 5.41) is 15.2. The van der Waals surface area contributed by atoms with E-state index in [1.165, 1.54) is 154 Å². The molecule has 16 aromatic rings. The Hall–Kier alpha value is -10.9. The second-order valence-electron chi connectivity index (χ2n) is 21.8. The van der Waals surface area contributed by atoms with Crippen molar-refractivity contribution in [1.29, 1.82) is 0 Å². The van der Waals surface area contributed by atoms with Gasteiger partial charge in [-0.2, -0.15) is 0 Å². The molecular weight excluding hydrogens is 1010 g/mol. The Morgan fingerprint density at radius 2 is 0.417 bits per heavy atom. The van der Waals surface area contributed by atoms with Gasteiger partial charge in [0.1, 0.15) is 0 Å². The Labute approximate surface area is 490 Å². The minimum Gasteiger partial charge on any atom is -0.0622 e. The Kier molecular flexibility index (Phi) is 13.0. The highest BCUT2D eigenvalue weighted by Crippen LogP contribution is 2.49. The second kappa shape index (κ2) is 21.9. The van der Waals surface area contributed by atoms with Crippen molar-refractivity contribution in [2.24, 2.45) is 0 Å². The lowest BCUT2D eigenvalue weighted by atomic mass is 9.83. The zero-order valence-electron chi connectivity index (χ0n) is 46.3. The molecule has 0 unspecified atom stereocenters. The summed E-state index contributed by atoms with van der Waals surface area (Å²) in [6.07, 6.45) is 0. The topological polar surface area (TPSA) is 0 Å². The van der Waals surface area contributed by atoms with Gasteiger partial charge in [0.15, 0.2) is 0 Å². The van der Waals surface area contributed by atoms with E-state index < -0.39 is 0 Å². The molecule has 0 bridgehead atoms. The number of benzene rings is 16. The van der Waals surface area contributed by atoms with Crippen molar-refractivity contribution in [2.45, 2.75) is 0 Å². The molecule has 0 radical (unpaired) electrons. The zero-order chi connectivity index (χ0) is 55.8. The molecule has 0 aliphatic rings. The van der Waals surface area contributed by atoms with Crippen LogP contribution >= 0.6 is 0 Å². The molecule has 0 spiro atoms. The molecule has 0 aliphatic carbocycles. The normalized spacial score (nSPS) is 11.3. The van der Waals surface area contributed by atoms with Gasteiger partial charge in [-0.05, 0) is 172 Å². The molecule has 0 aromatic heterocycles. The summed E-state index contributed by atoms with van der Waals surface area (Å²) in [6, 6.07) is 123. The van der Waals surface area contributed by atoms with Crippen molar-refractivity contribution in [3.05, 3.63) is 340 Å². The maximum Gasteiger partial charge on any atom is -0.00201 e. The van der Waals surface area contributed by atoms with Crippen molar-refractivity contribution in [2.75, 3.05) is 0 Å². The predicted molar refractivity (Wildman–Crippen MR) is 361 cm³/mol. The van der Waals surface area contributed by atoms with Crippen LogP contribution in [0.25, 0.3) is 154 Å². The summed E-state index contributed by atoms with van der Waals surface area (Å²) in [7, 11) is 0. The Bertz CT molecular complexity index is 5000. The molecular formula is C84H56. The second-order valence-corrected chi connectivity index (χ2v) is 21.8. The van der Waals surface area contributed by atoms with Crippen molar-refractivity contribution in [3.8, 4) is 89.0 Å². The van der Waals surface area contributed by atoms with Crippen molar-refractivity contribution in [3.63, 3.8) is 0 Å². The third kappa shape index (κ3) is 9.08. The highest BCUT2D eigenvalue weighted by molar-refractivity contribution is 6.24. The van der Waals surface area contributed by atoms with Crippen LogP contribution in [-0.2, 0) is 0 Å². The summed E-state index contributed by atoms with van der Waals surface area (Å²) < 4.78 is 0. The van der Waals surface area contributed by atoms with Gasteiger partial charge in [0.25, 0.3) is 0 Å². The fourth-order valence-electron chi connectivity index (χ4n) is 13.1. The molecule has 392 valence electrons. The van der Waals surface area contributed by atoms with Crippen LogP contribution in [-0.4, -0.2) is 0 Å². The molecule has 16 rings (SSSR count). The van der Waals surface area contributed by atoms with Gasteiger partial charge in [-0.15, -0.1) is 0 Å². The van der Waals surface area contributed by atoms with E-state index in [4.69, 9.17) is 0 Å². The largest absolute Gasteiger partial charge is 0.0622 e. The van der Waals surface area contributed by atoms with Gasteiger partial charge in [-0.3, -0.25) is 0 Å². The van der Waals surface area contributed by atoms with Gasteiger partial charge in [0.05, 0.1) is 0 Å². The molecule has 0 fully saturated rings. The maximum absolute atomic E-state index is 2.37. The Morgan fingerprint density at radius 3 is 0.905 bits per heavy atom. The zero-order valence-corrected chi connectivity index (χ0v) is 46.3. The predicted octanol–water partition coefficient (Wildman–Crippen LogP) is 23.6. The Balaban J connectivity index is 0.000000143. The molecule has 0 aliphatic heterocycles. The summed E-state index contributed by atoms with van der Waals surface area (Å²) in [4.78, 5) is 0. The van der Waals surface area contributed by atoms with Gasteiger partial charge < -0.3 is 0 Å². The monoisotopic (exact) mass is 1060 g/mol. The molecule has 0 nitrogen and oxygen atoms in total. The van der Waals surface area contributed by atoms with Crippen LogP contribution in [0.3, 0.4) is 0 Å². The first-order valence-corrected chi connectivity index (χ1v) is 29.1. The molecule has 0 heteroatoms. The lowest BCUT2D eigenvalue weighted by Gasteiger charge is -2.20. The van der Waals surface area contributed by atoms with Gasteiger partial charge in [-0.25, -0.2) is 0 Å². The first-order chi connectivity index (χ1) is 41.7. The van der Waals surface area contributed by atoms with E-state index in [-0.39, 0.29) is 0 Å². The van der Waals surface area contributed by atoms with Gasteiger partial charge in [0, 0.05) is 0 Å². The molecule has 0 atom stereocenters. The van der Waals surface area contributed by atoms with E-state index >= 15 is 0 Å². The van der Waals surface area contributed by atoms with Gasteiger partial charge in [0.2, 0.25) is 0 Å². The van der Waals surface area contributed by atoms with E-state index in [1.54, 1.807) is 0 Å². The summed E-state index contributed by atoms with van der Waals surface area (Å²) in [5.74, 6) is 0. The maximum atomic E-state index is 2.37. The van der Waals surface area contributed by atoms with Gasteiger partial charge >= 0.3 is 0 Å². The minimum absolute atomic E-state index is 1.23. The highest BCUT2D eigenvalue weighted by Gasteiger charge is 2.21. The summed E-state index contributed by atoms with van der Waals surface area (Å²) >= 11 is 0. The lowest BCUT2D eigenvalue weighted by molar-refractivity contribution is 1.60. The molecule has 0 heterocycles. The standard InChI is InChI=1S/2C42H28/c1-2-14-29(15-3-1)34-21-6-7-22-36(34)42-39-25-10-8-23-37(39)41(38-24-9-11-26-40(38)42)32-19-12-18-31(28-32)35-27-13-17-30-16-4-5-20-33(30)35;1-2-14-30(15-3-1)35-19-6-7-20-36(35)42-39-23-10-8-21-37(39)41(38-22-9-11-24-40(38)42)34-18-12-17-32(28-34)33-26-25-29-13-4-5-16-31(29)27-33/h2*1-28H. The van der Waals surface area contributed by atoms with Gasteiger partial charge in [-0.1, -0.05) is 322 Å². The van der Waals surface area contributed by atoms with Crippen LogP contribution in [0.1, 0.15) is 0 Å². The number of hydrogen-bond acceptors (Lipinski definition) is 0. The van der Waals surface area contributed by atoms with Crippen LogP contribution in [0.2, 0.25) is 0 Å². The SMILES string of the molecule is c1ccc(-c2ccccc2-c2c3ccccc3c(-c3cccc(-c4ccc5ccccc5c4)c3)c3ccccc23)cc1.c1ccc(-c2ccccc2-c2c3ccccc3c(-c3cccc(-c4cccc5ccccc45)c3)c3ccccc23)cc1.